The second-order valence-corrected chi connectivity index (χ2v) is 6.41. The first kappa shape index (κ1) is 13.1. The van der Waals surface area contributed by atoms with Gasteiger partial charge in [-0.25, -0.2) is 0 Å². The summed E-state index contributed by atoms with van der Waals surface area (Å²) in [6.07, 6.45) is 1.18. The maximum atomic E-state index is 3.56. The fourth-order valence-electron chi connectivity index (χ4n) is 2.08. The maximum absolute atomic E-state index is 3.56. The minimum atomic E-state index is 0.450. The Hall–Kier alpha value is -0.380. The first-order chi connectivity index (χ1) is 8.13. The topological polar surface area (TPSA) is 12.0 Å². The first-order valence-corrected chi connectivity index (χ1v) is 7.66. The van der Waals surface area contributed by atoms with Gasteiger partial charge in [-0.3, -0.25) is 0 Å². The van der Waals surface area contributed by atoms with Crippen LogP contribution in [0.4, 0.5) is 0 Å². The van der Waals surface area contributed by atoms with Gasteiger partial charge in [0.15, 0.2) is 0 Å². The minimum absolute atomic E-state index is 0.450. The van der Waals surface area contributed by atoms with Crippen LogP contribution in [-0.2, 0) is 0 Å². The van der Waals surface area contributed by atoms with E-state index in [0.29, 0.717) is 6.04 Å². The van der Waals surface area contributed by atoms with Crippen LogP contribution in [0.1, 0.15) is 36.8 Å². The summed E-state index contributed by atoms with van der Waals surface area (Å²) in [7, 11) is 0. The second-order valence-electron chi connectivity index (χ2n) is 4.41. The second kappa shape index (κ2) is 5.51. The molecule has 0 spiro atoms. The number of nitrogens with one attached hydrogen (secondary N) is 1. The molecule has 0 aliphatic heterocycles. The van der Waals surface area contributed by atoms with Crippen molar-refractivity contribution in [1.29, 1.82) is 0 Å². The van der Waals surface area contributed by atoms with Gasteiger partial charge in [0.2, 0.25) is 0 Å². The van der Waals surface area contributed by atoms with E-state index in [1.807, 2.05) is 11.3 Å². The molecule has 1 unspecified atom stereocenters. The quantitative estimate of drug-likeness (QED) is 0.834. The van der Waals surface area contributed by atoms with Crippen molar-refractivity contribution in [2.45, 2.75) is 33.2 Å². The third-order valence-corrected chi connectivity index (χ3v) is 4.98. The smallest absolute Gasteiger partial charge is 0.0389 e. The van der Waals surface area contributed by atoms with Gasteiger partial charge >= 0.3 is 0 Å². The standard InChI is InChI=1S/C14H18BrNS/c1-4-7-16-10(3)14-9(2)12-8-11(15)5-6-13(12)17-14/h5-6,8,10,16H,4,7H2,1-3H3. The number of hydrogen-bond acceptors (Lipinski definition) is 2. The van der Waals surface area contributed by atoms with Crippen molar-refractivity contribution < 1.29 is 0 Å². The SMILES string of the molecule is CCCNC(C)c1sc2ccc(Br)cc2c1C. The Morgan fingerprint density at radius 3 is 2.88 bits per heavy atom. The Labute approximate surface area is 115 Å². The van der Waals surface area contributed by atoms with Gasteiger partial charge in [-0.1, -0.05) is 22.9 Å². The lowest BCUT2D eigenvalue weighted by Crippen LogP contribution is -2.18. The van der Waals surface area contributed by atoms with Gasteiger partial charge in [-0.15, -0.1) is 11.3 Å². The lowest BCUT2D eigenvalue weighted by Gasteiger charge is -2.12. The molecule has 0 bridgehead atoms. The van der Waals surface area contributed by atoms with Gasteiger partial charge in [0.25, 0.3) is 0 Å². The molecule has 1 aromatic heterocycles. The summed E-state index contributed by atoms with van der Waals surface area (Å²) in [5.41, 5.74) is 1.42. The maximum Gasteiger partial charge on any atom is 0.0389 e. The fraction of sp³-hybridized carbons (Fsp3) is 0.429. The normalized spacial score (nSPS) is 13.2. The zero-order valence-electron chi connectivity index (χ0n) is 10.5. The summed E-state index contributed by atoms with van der Waals surface area (Å²) < 4.78 is 2.54. The summed E-state index contributed by atoms with van der Waals surface area (Å²) in [6, 6.07) is 6.99. The number of thiophene rings is 1. The van der Waals surface area contributed by atoms with E-state index in [1.165, 1.54) is 26.9 Å². The van der Waals surface area contributed by atoms with Crippen molar-refractivity contribution in [2.24, 2.45) is 0 Å². The zero-order valence-corrected chi connectivity index (χ0v) is 12.9. The Kier molecular flexibility index (Phi) is 4.23. The monoisotopic (exact) mass is 311 g/mol. The van der Waals surface area contributed by atoms with Crippen molar-refractivity contribution in [2.75, 3.05) is 6.54 Å². The third-order valence-electron chi connectivity index (χ3n) is 3.03. The third kappa shape index (κ3) is 2.72. The van der Waals surface area contributed by atoms with Crippen LogP contribution in [0, 0.1) is 6.92 Å². The molecule has 2 aromatic rings. The van der Waals surface area contributed by atoms with Crippen molar-refractivity contribution in [1.82, 2.24) is 5.32 Å². The highest BCUT2D eigenvalue weighted by Crippen LogP contribution is 2.35. The predicted octanol–water partition coefficient (Wildman–Crippen LogP) is 5.03. The van der Waals surface area contributed by atoms with E-state index < -0.39 is 0 Å². The van der Waals surface area contributed by atoms with Crippen molar-refractivity contribution >= 4 is 37.4 Å². The number of rotatable bonds is 4. The molecule has 1 atom stereocenters. The van der Waals surface area contributed by atoms with Gasteiger partial charge < -0.3 is 5.32 Å². The zero-order chi connectivity index (χ0) is 12.4. The summed E-state index contributed by atoms with van der Waals surface area (Å²) >= 11 is 5.45. The summed E-state index contributed by atoms with van der Waals surface area (Å²) in [5, 5.41) is 4.94. The molecular weight excluding hydrogens is 294 g/mol. The van der Waals surface area contributed by atoms with Crippen LogP contribution in [0.3, 0.4) is 0 Å². The number of fused-ring (bicyclic) bond motifs is 1. The molecule has 1 N–H and O–H groups in total. The van der Waals surface area contributed by atoms with Gasteiger partial charge in [0.05, 0.1) is 0 Å². The molecule has 3 heteroatoms. The van der Waals surface area contributed by atoms with Gasteiger partial charge in [-0.2, -0.15) is 0 Å². The molecule has 1 heterocycles. The molecule has 0 radical (unpaired) electrons. The Balaban J connectivity index is 2.38. The molecule has 17 heavy (non-hydrogen) atoms. The van der Waals surface area contributed by atoms with E-state index in [2.05, 4.69) is 60.2 Å². The van der Waals surface area contributed by atoms with Gasteiger partial charge in [0, 0.05) is 20.1 Å². The Morgan fingerprint density at radius 2 is 2.18 bits per heavy atom. The Bertz CT molecular complexity index is 518. The molecule has 2 rings (SSSR count). The van der Waals surface area contributed by atoms with Gasteiger partial charge in [0.1, 0.15) is 0 Å². The largest absolute Gasteiger partial charge is 0.309 e. The van der Waals surface area contributed by atoms with Crippen LogP contribution < -0.4 is 5.32 Å². The average molecular weight is 312 g/mol. The van der Waals surface area contributed by atoms with Crippen LogP contribution in [-0.4, -0.2) is 6.54 Å². The number of aryl methyl sites for hydroxylation is 1. The van der Waals surface area contributed by atoms with Crippen LogP contribution >= 0.6 is 27.3 Å². The van der Waals surface area contributed by atoms with Crippen LogP contribution in [0.2, 0.25) is 0 Å². The van der Waals surface area contributed by atoms with E-state index in [1.54, 1.807) is 0 Å². The molecule has 1 aromatic carbocycles. The van der Waals surface area contributed by atoms with Crippen LogP contribution in [0.5, 0.6) is 0 Å². The highest BCUT2D eigenvalue weighted by Gasteiger charge is 2.13. The number of benzene rings is 1. The predicted molar refractivity (Wildman–Crippen MR) is 81.0 cm³/mol. The molecular formula is C14H18BrNS. The van der Waals surface area contributed by atoms with E-state index in [-0.39, 0.29) is 0 Å². The lowest BCUT2D eigenvalue weighted by atomic mass is 10.1. The number of hydrogen-bond donors (Lipinski definition) is 1. The van der Waals surface area contributed by atoms with Crippen molar-refractivity contribution in [3.05, 3.63) is 33.1 Å². The summed E-state index contributed by atoms with van der Waals surface area (Å²) in [4.78, 5) is 1.46. The molecule has 0 saturated heterocycles. The van der Waals surface area contributed by atoms with E-state index in [9.17, 15) is 0 Å². The van der Waals surface area contributed by atoms with Crippen LogP contribution in [0.15, 0.2) is 22.7 Å². The molecule has 1 nitrogen and oxygen atoms in total. The molecule has 0 saturated carbocycles. The van der Waals surface area contributed by atoms with Crippen molar-refractivity contribution in [3.63, 3.8) is 0 Å². The van der Waals surface area contributed by atoms with Crippen LogP contribution in [0.25, 0.3) is 10.1 Å². The average Bonchev–Trinajstić information content (AvgIpc) is 2.64. The molecule has 0 aliphatic carbocycles. The van der Waals surface area contributed by atoms with E-state index in [0.717, 1.165) is 11.0 Å². The van der Waals surface area contributed by atoms with Crippen molar-refractivity contribution in [3.8, 4) is 0 Å². The Morgan fingerprint density at radius 1 is 1.41 bits per heavy atom. The molecule has 0 amide bonds. The highest BCUT2D eigenvalue weighted by molar-refractivity contribution is 9.10. The fourth-order valence-corrected chi connectivity index (χ4v) is 3.66. The number of halogens is 1. The molecule has 0 aliphatic rings. The minimum Gasteiger partial charge on any atom is -0.309 e. The summed E-state index contributed by atoms with van der Waals surface area (Å²) in [5.74, 6) is 0. The first-order valence-electron chi connectivity index (χ1n) is 6.05. The molecule has 92 valence electrons. The van der Waals surface area contributed by atoms with Gasteiger partial charge in [-0.05, 0) is 56.0 Å². The summed E-state index contributed by atoms with van der Waals surface area (Å²) in [6.45, 7) is 7.76. The van der Waals surface area contributed by atoms with E-state index >= 15 is 0 Å². The highest BCUT2D eigenvalue weighted by atomic mass is 79.9. The van der Waals surface area contributed by atoms with E-state index in [4.69, 9.17) is 0 Å². The lowest BCUT2D eigenvalue weighted by molar-refractivity contribution is 0.576. The molecule has 0 fully saturated rings.